The number of hydrogen-bond acceptors (Lipinski definition) is 14. The molecule has 9 N–H and O–H groups in total. The molecule has 0 spiro atoms. The second-order valence-electron chi connectivity index (χ2n) is 17.7. The van der Waals surface area contributed by atoms with Gasteiger partial charge in [-0.15, -0.1) is 0 Å². The summed E-state index contributed by atoms with van der Waals surface area (Å²) >= 11 is 0. The van der Waals surface area contributed by atoms with Crippen LogP contribution < -0.4 is 51.4 Å². The van der Waals surface area contributed by atoms with E-state index in [2.05, 4.69) is 132 Å². The van der Waals surface area contributed by atoms with Gasteiger partial charge in [-0.05, 0) is 121 Å². The summed E-state index contributed by atoms with van der Waals surface area (Å²) < 4.78 is 13.1. The number of esters is 1. The maximum absolute atomic E-state index is 11.1. The normalized spacial score (nSPS) is 10.5. The van der Waals surface area contributed by atoms with Gasteiger partial charge in [0.2, 0.25) is 5.97 Å². The first-order valence-corrected chi connectivity index (χ1v) is 26.0. The number of carbonyl (C=O) groups is 5. The zero-order valence-corrected chi connectivity index (χ0v) is 48.8. The van der Waals surface area contributed by atoms with E-state index < -0.39 is 23.8 Å². The van der Waals surface area contributed by atoms with Crippen LogP contribution in [0.4, 0.5) is 0 Å². The molecular formula is C66H92BN7NaO11. The molecule has 0 unspecified atom stereocenters. The fourth-order valence-electron chi connectivity index (χ4n) is 7.64. The summed E-state index contributed by atoms with van der Waals surface area (Å²) in [7, 11) is 5.69. The molecule has 9 rings (SSSR count). The quantitative estimate of drug-likeness (QED) is 0.00854. The van der Waals surface area contributed by atoms with E-state index in [0.717, 1.165) is 83.6 Å². The number of nitrogens with one attached hydrogen (secondary N) is 6. The molecule has 1 aliphatic heterocycles. The van der Waals surface area contributed by atoms with Crippen molar-refractivity contribution < 1.29 is 82.6 Å². The Hall–Kier alpha value is -7.59. The molecule has 0 atom stereocenters. The van der Waals surface area contributed by atoms with Crippen molar-refractivity contribution in [2.75, 3.05) is 40.0 Å². The molecule has 0 saturated carbocycles. The van der Waals surface area contributed by atoms with E-state index in [-0.39, 0.29) is 72.7 Å². The van der Waals surface area contributed by atoms with Crippen molar-refractivity contribution in [2.24, 2.45) is 5.73 Å². The molecule has 3 aromatic heterocycles. The first-order chi connectivity index (χ1) is 38.8. The fourth-order valence-corrected chi connectivity index (χ4v) is 7.64. The molecule has 3 radical (unpaired) electrons. The summed E-state index contributed by atoms with van der Waals surface area (Å²) in [4.78, 5) is 68.6. The zero-order chi connectivity index (χ0) is 57.7. The molecule has 461 valence electrons. The molecule has 5 aromatic carbocycles. The van der Waals surface area contributed by atoms with Crippen LogP contribution in [-0.2, 0) is 80.2 Å². The molecule has 0 aliphatic carbocycles. The second kappa shape index (κ2) is 48.6. The Morgan fingerprint density at radius 2 is 0.930 bits per heavy atom. The number of aromatic nitrogens is 3. The maximum Gasteiger partial charge on any atom is 1.00 e. The summed E-state index contributed by atoms with van der Waals surface area (Å²) in [5.41, 5.74) is 18.9. The van der Waals surface area contributed by atoms with Crippen LogP contribution in [-0.4, -0.2) is 98.0 Å². The predicted molar refractivity (Wildman–Crippen MR) is 346 cm³/mol. The molecule has 1 aliphatic rings. The number of aromatic amines is 3. The standard InChI is InChI=1S/C21H22N2O2.C20H21N3O2.C10H12N2.C4H6O4.C4H8O.C2H3BO2.5CH4.Na/c1-25-21(24)11-10-16-6-8-17(9-7-16)14-22-13-12-18-15-23-20-5-3-2-4-19(18)20;24-20(23-25)10-9-15-5-7-16(8-6-15)13-21-12-11-17-14-22-19-4-2-1-3-18(17)19;11-6-5-8-7-12-10-4-2-1-3-9(8)10;1-3(5)7-8-4(2)6;1-2-4-5-3-1;1-2(4)5-3;;;;;;/h2-11,15,22-23H,12-14H2,1H3;1-10,14,21-22,25H,11-13H2,(H,23,24);1-4,7,12H,5-6,11H2;1-2H3;1-4H2;1H3;5*1H4;/q;;;;;-1;;;;;;+1/b11-10+;10-9+;;;;;;;;;;. The van der Waals surface area contributed by atoms with Crippen molar-refractivity contribution in [3.8, 4) is 0 Å². The Balaban J connectivity index is -0.00000105. The number of rotatable bonds is 16. The predicted octanol–water partition coefficient (Wildman–Crippen LogP) is 9.02. The van der Waals surface area contributed by atoms with Gasteiger partial charge < -0.3 is 53.5 Å². The monoisotopic (exact) mass is 1190 g/mol. The summed E-state index contributed by atoms with van der Waals surface area (Å²) in [6.07, 6.45) is 17.8. The van der Waals surface area contributed by atoms with Gasteiger partial charge in [0.25, 0.3) is 5.91 Å². The number of fused-ring (bicyclic) bond motifs is 3. The van der Waals surface area contributed by atoms with Crippen LogP contribution >= 0.6 is 0 Å². The van der Waals surface area contributed by atoms with Gasteiger partial charge in [-0.25, -0.2) is 29.6 Å². The largest absolute Gasteiger partial charge is 1.00 e. The average molecular weight is 1190 g/mol. The number of methoxy groups -OCH3 is 1. The summed E-state index contributed by atoms with van der Waals surface area (Å²) in [5.74, 6) is -2.63. The summed E-state index contributed by atoms with van der Waals surface area (Å²) in [6.45, 7) is 9.67. The van der Waals surface area contributed by atoms with Crippen LogP contribution in [0.1, 0.15) is 110 Å². The zero-order valence-electron chi connectivity index (χ0n) is 46.8. The van der Waals surface area contributed by atoms with Crippen molar-refractivity contribution in [3.05, 3.63) is 191 Å². The van der Waals surface area contributed by atoms with Crippen molar-refractivity contribution in [2.45, 2.75) is 103 Å². The van der Waals surface area contributed by atoms with Gasteiger partial charge in [0.1, 0.15) is 0 Å². The maximum atomic E-state index is 11.1. The van der Waals surface area contributed by atoms with E-state index >= 15 is 0 Å². The van der Waals surface area contributed by atoms with Crippen LogP contribution in [0, 0.1) is 0 Å². The number of benzene rings is 5. The van der Waals surface area contributed by atoms with E-state index in [1.54, 1.807) is 17.6 Å². The minimum absolute atomic E-state index is 0. The molecular weight excluding hydrogens is 1100 g/mol. The van der Waals surface area contributed by atoms with E-state index in [9.17, 15) is 24.0 Å². The number of nitrogens with two attached hydrogens (primary N) is 1. The van der Waals surface area contributed by atoms with Crippen molar-refractivity contribution in [1.82, 2.24) is 31.1 Å². The number of ether oxygens (including phenoxy) is 2. The van der Waals surface area contributed by atoms with Crippen molar-refractivity contribution in [1.29, 1.82) is 0 Å². The van der Waals surface area contributed by atoms with E-state index in [1.807, 2.05) is 60.8 Å². The third kappa shape index (κ3) is 32.6. The smallest absolute Gasteiger partial charge is 0.793 e. The van der Waals surface area contributed by atoms with Crippen LogP contribution in [0.5, 0.6) is 0 Å². The third-order valence-corrected chi connectivity index (χ3v) is 11.6. The first kappa shape index (κ1) is 82.6. The molecule has 86 heavy (non-hydrogen) atoms. The number of hydrogen-bond donors (Lipinski definition) is 8. The SMILES string of the molecule is C.C.C.C.C.C1CCOC1.CC(=O)OOC(C)=O.COC(=O)/C=C/c1ccc(CNCCc2c[nH]c3ccccc23)cc1.NCCc1c[nH]c2ccccc12.O=C(/C=C/c1ccc(CNCCc2c[nH]c3ccccc23)cc1)NO.[B-]OC(C)=O.[Na+]. The first-order valence-electron chi connectivity index (χ1n) is 26.0. The molecule has 0 bridgehead atoms. The molecule has 1 fully saturated rings. The number of amides is 1. The van der Waals surface area contributed by atoms with Crippen LogP contribution in [0.3, 0.4) is 0 Å². The third-order valence-electron chi connectivity index (χ3n) is 11.6. The molecule has 1 amide bonds. The Kier molecular flexibility index (Phi) is 46.7. The van der Waals surface area contributed by atoms with Gasteiger partial charge in [0.05, 0.1) is 7.11 Å². The van der Waals surface area contributed by atoms with Crippen molar-refractivity contribution >= 4 is 82.7 Å². The fraction of sp³-hybridized carbons (Fsp3) is 0.318. The van der Waals surface area contributed by atoms with E-state index in [4.69, 9.17) is 15.7 Å². The Labute approximate surface area is 533 Å². The van der Waals surface area contributed by atoms with Crippen molar-refractivity contribution in [3.63, 3.8) is 0 Å². The van der Waals surface area contributed by atoms with E-state index in [0.29, 0.717) is 6.54 Å². The topological polar surface area (TPSA) is 261 Å². The Morgan fingerprint density at radius 1 is 0.570 bits per heavy atom. The number of para-hydroxylation sites is 3. The number of carbonyl (C=O) groups excluding carboxylic acids is 5. The number of hydroxylamine groups is 1. The Bertz CT molecular complexity index is 3000. The molecule has 18 nitrogen and oxygen atoms in total. The second-order valence-corrected chi connectivity index (χ2v) is 17.7. The van der Waals surface area contributed by atoms with Crippen LogP contribution in [0.15, 0.2) is 152 Å². The molecule has 4 heterocycles. The van der Waals surface area contributed by atoms with Gasteiger partial charge >= 0.3 is 47.5 Å². The van der Waals surface area contributed by atoms with E-state index in [1.165, 1.54) is 99.6 Å². The van der Waals surface area contributed by atoms with Gasteiger partial charge in [-0.3, -0.25) is 14.8 Å². The molecule has 8 aromatic rings. The van der Waals surface area contributed by atoms with Crippen LogP contribution in [0.25, 0.3) is 44.9 Å². The van der Waals surface area contributed by atoms with Gasteiger partial charge in [-0.1, -0.05) is 140 Å². The van der Waals surface area contributed by atoms with Gasteiger partial charge in [0.15, 0.2) is 0 Å². The summed E-state index contributed by atoms with van der Waals surface area (Å²) in [6, 6.07) is 41.0. The minimum Gasteiger partial charge on any atom is -0.793 e. The Morgan fingerprint density at radius 3 is 1.24 bits per heavy atom. The molecule has 20 heteroatoms. The van der Waals surface area contributed by atoms with Crippen LogP contribution in [0.2, 0.25) is 0 Å². The van der Waals surface area contributed by atoms with Gasteiger partial charge in [-0.2, -0.15) is 0 Å². The summed E-state index contributed by atoms with van der Waals surface area (Å²) in [5, 5.41) is 19.3. The number of H-pyrrole nitrogens is 3. The minimum atomic E-state index is -0.639. The molecule has 1 saturated heterocycles. The van der Waals surface area contributed by atoms with Gasteiger partial charge in [0, 0.05) is 111 Å². The average Bonchev–Trinajstić information content (AvgIpc) is 4.54.